The molecule has 0 spiro atoms. The zero-order chi connectivity index (χ0) is 25.1. The molecule has 0 bridgehead atoms. The highest BCUT2D eigenvalue weighted by Gasteiger charge is 2.32. The summed E-state index contributed by atoms with van der Waals surface area (Å²) in [6, 6.07) is 29.7. The number of nitrogens with zero attached hydrogens (tertiary/aromatic N) is 2. The smallest absolute Gasteiger partial charge is 0.281 e. The van der Waals surface area contributed by atoms with Gasteiger partial charge in [0.15, 0.2) is 5.75 Å². The average molecular weight is 534 g/mol. The summed E-state index contributed by atoms with van der Waals surface area (Å²) in [6.45, 7) is 0.217. The Labute approximate surface area is 224 Å². The second kappa shape index (κ2) is 10.6. The van der Waals surface area contributed by atoms with Gasteiger partial charge in [-0.05, 0) is 42.0 Å². The molecule has 36 heavy (non-hydrogen) atoms. The molecule has 0 atom stereocenters. The molecule has 0 saturated carbocycles. The van der Waals surface area contributed by atoms with Crippen LogP contribution in [0.3, 0.4) is 0 Å². The molecule has 4 nitrogen and oxygen atoms in total. The SMILES string of the molecule is O=C1/C(=C\c2cc(Cl)c(OCc3ccccc3Cl)c(Cl)c2)C(c2ccccc2)=NN1c1ccccc1. The lowest BCUT2D eigenvalue weighted by molar-refractivity contribution is -0.114. The van der Waals surface area contributed by atoms with Crippen LogP contribution in [0.2, 0.25) is 15.1 Å². The quantitative estimate of drug-likeness (QED) is 0.235. The van der Waals surface area contributed by atoms with E-state index in [1.165, 1.54) is 5.01 Å². The monoisotopic (exact) mass is 532 g/mol. The van der Waals surface area contributed by atoms with Crippen molar-refractivity contribution in [1.29, 1.82) is 0 Å². The van der Waals surface area contributed by atoms with E-state index in [-0.39, 0.29) is 12.5 Å². The van der Waals surface area contributed by atoms with Crippen LogP contribution in [0.15, 0.2) is 108 Å². The predicted octanol–water partition coefficient (Wildman–Crippen LogP) is 8.06. The van der Waals surface area contributed by atoms with E-state index < -0.39 is 0 Å². The number of rotatable bonds is 6. The van der Waals surface area contributed by atoms with Gasteiger partial charge in [-0.2, -0.15) is 10.1 Å². The van der Waals surface area contributed by atoms with Gasteiger partial charge < -0.3 is 4.74 Å². The van der Waals surface area contributed by atoms with Crippen molar-refractivity contribution in [3.05, 3.63) is 134 Å². The Morgan fingerprint density at radius 2 is 1.39 bits per heavy atom. The highest BCUT2D eigenvalue weighted by molar-refractivity contribution is 6.39. The molecular weight excluding hydrogens is 515 g/mol. The molecule has 1 heterocycles. The van der Waals surface area contributed by atoms with Crippen LogP contribution in [0, 0.1) is 0 Å². The summed E-state index contributed by atoms with van der Waals surface area (Å²) >= 11 is 19.3. The van der Waals surface area contributed by atoms with Gasteiger partial charge in [0.2, 0.25) is 0 Å². The zero-order valence-corrected chi connectivity index (χ0v) is 21.1. The maximum atomic E-state index is 13.5. The summed E-state index contributed by atoms with van der Waals surface area (Å²) in [5.41, 5.74) is 3.97. The lowest BCUT2D eigenvalue weighted by Gasteiger charge is -2.12. The number of ether oxygens (including phenoxy) is 1. The van der Waals surface area contributed by atoms with Gasteiger partial charge in [0.1, 0.15) is 12.3 Å². The largest absolute Gasteiger partial charge is 0.486 e. The van der Waals surface area contributed by atoms with Crippen molar-refractivity contribution in [3.8, 4) is 5.75 Å². The van der Waals surface area contributed by atoms with Crippen molar-refractivity contribution in [3.63, 3.8) is 0 Å². The number of anilines is 1. The zero-order valence-electron chi connectivity index (χ0n) is 18.9. The number of carbonyl (C=O) groups is 1. The molecule has 7 heteroatoms. The first-order valence-electron chi connectivity index (χ1n) is 11.1. The Morgan fingerprint density at radius 1 is 0.778 bits per heavy atom. The average Bonchev–Trinajstić information content (AvgIpc) is 3.21. The lowest BCUT2D eigenvalue weighted by Crippen LogP contribution is -2.21. The first kappa shape index (κ1) is 24.1. The number of halogens is 3. The van der Waals surface area contributed by atoms with Gasteiger partial charge in [0, 0.05) is 16.1 Å². The highest BCUT2D eigenvalue weighted by Crippen LogP contribution is 2.37. The minimum Gasteiger partial charge on any atom is -0.486 e. The maximum Gasteiger partial charge on any atom is 0.281 e. The van der Waals surface area contributed by atoms with Crippen molar-refractivity contribution >= 4 is 58.2 Å². The molecule has 0 radical (unpaired) electrons. The van der Waals surface area contributed by atoms with Crippen LogP contribution in [-0.4, -0.2) is 11.6 Å². The van der Waals surface area contributed by atoms with Gasteiger partial charge in [-0.3, -0.25) is 4.79 Å². The molecule has 0 fully saturated rings. The fourth-order valence-corrected chi connectivity index (χ4v) is 4.63. The number of para-hydroxylation sites is 1. The van der Waals surface area contributed by atoms with E-state index in [0.29, 0.717) is 43.4 Å². The summed E-state index contributed by atoms with van der Waals surface area (Å²) in [6.07, 6.45) is 1.74. The summed E-state index contributed by atoms with van der Waals surface area (Å²) in [5.74, 6) is 0.104. The van der Waals surface area contributed by atoms with Gasteiger partial charge in [-0.15, -0.1) is 0 Å². The van der Waals surface area contributed by atoms with Crippen LogP contribution >= 0.6 is 34.8 Å². The molecule has 1 amide bonds. The van der Waals surface area contributed by atoms with Crippen LogP contribution in [-0.2, 0) is 11.4 Å². The Bertz CT molecular complexity index is 1460. The molecule has 1 aliphatic heterocycles. The van der Waals surface area contributed by atoms with Crippen LogP contribution in [0.25, 0.3) is 6.08 Å². The van der Waals surface area contributed by atoms with E-state index in [0.717, 1.165) is 11.1 Å². The molecule has 5 rings (SSSR count). The number of hydrazone groups is 1. The third-order valence-electron chi connectivity index (χ3n) is 5.59. The second-order valence-electron chi connectivity index (χ2n) is 8.02. The van der Waals surface area contributed by atoms with E-state index in [4.69, 9.17) is 39.5 Å². The van der Waals surface area contributed by atoms with Crippen molar-refractivity contribution < 1.29 is 9.53 Å². The van der Waals surface area contributed by atoms with E-state index in [2.05, 4.69) is 5.10 Å². The number of benzene rings is 4. The molecule has 178 valence electrons. The Balaban J connectivity index is 1.49. The number of carbonyl (C=O) groups excluding carboxylic acids is 1. The van der Waals surface area contributed by atoms with E-state index in [9.17, 15) is 4.79 Å². The predicted molar refractivity (Wildman–Crippen MR) is 147 cm³/mol. The lowest BCUT2D eigenvalue weighted by atomic mass is 10.00. The first-order valence-corrected chi connectivity index (χ1v) is 12.3. The molecule has 0 aliphatic carbocycles. The fourth-order valence-electron chi connectivity index (χ4n) is 3.83. The summed E-state index contributed by atoms with van der Waals surface area (Å²) in [5, 5.41) is 7.30. The Hall–Kier alpha value is -3.57. The van der Waals surface area contributed by atoms with E-state index >= 15 is 0 Å². The van der Waals surface area contributed by atoms with Crippen LogP contribution in [0.4, 0.5) is 5.69 Å². The van der Waals surface area contributed by atoms with E-state index in [1.54, 1.807) is 24.3 Å². The Kier molecular flexibility index (Phi) is 7.10. The minimum atomic E-state index is -0.244. The molecule has 4 aromatic rings. The molecule has 4 aromatic carbocycles. The fraction of sp³-hybridized carbons (Fsp3) is 0.0345. The van der Waals surface area contributed by atoms with Crippen LogP contribution in [0.1, 0.15) is 16.7 Å². The topological polar surface area (TPSA) is 41.9 Å². The first-order chi connectivity index (χ1) is 17.5. The van der Waals surface area contributed by atoms with Crippen LogP contribution < -0.4 is 9.75 Å². The van der Waals surface area contributed by atoms with E-state index in [1.807, 2.05) is 78.9 Å². The molecule has 0 unspecified atom stereocenters. The van der Waals surface area contributed by atoms with Gasteiger partial charge in [-0.25, -0.2) is 0 Å². The molecular formula is C29H19Cl3N2O2. The second-order valence-corrected chi connectivity index (χ2v) is 9.24. The normalized spacial score (nSPS) is 14.3. The third kappa shape index (κ3) is 5.02. The number of amides is 1. The summed E-state index contributed by atoms with van der Waals surface area (Å²) in [7, 11) is 0. The summed E-state index contributed by atoms with van der Waals surface area (Å²) in [4.78, 5) is 13.5. The van der Waals surface area contributed by atoms with Crippen molar-refractivity contribution in [1.82, 2.24) is 0 Å². The minimum absolute atomic E-state index is 0.217. The Morgan fingerprint density at radius 3 is 2.06 bits per heavy atom. The highest BCUT2D eigenvalue weighted by atomic mass is 35.5. The standard InChI is InChI=1S/C29H19Cl3N2O2/c30-24-14-8-7-11-21(24)18-36-28-25(31)16-19(17-26(28)32)15-23-27(20-9-3-1-4-10-20)33-34(29(23)35)22-12-5-2-6-13-22/h1-17H,18H2/b23-15-. The maximum absolute atomic E-state index is 13.5. The van der Waals surface area contributed by atoms with Crippen molar-refractivity contribution in [2.24, 2.45) is 5.10 Å². The molecule has 0 aromatic heterocycles. The van der Waals surface area contributed by atoms with Crippen molar-refractivity contribution in [2.75, 3.05) is 5.01 Å². The molecule has 0 N–H and O–H groups in total. The van der Waals surface area contributed by atoms with Crippen LogP contribution in [0.5, 0.6) is 5.75 Å². The van der Waals surface area contributed by atoms with Gasteiger partial charge in [0.25, 0.3) is 5.91 Å². The number of hydrogen-bond donors (Lipinski definition) is 0. The molecule has 0 saturated heterocycles. The van der Waals surface area contributed by atoms with Crippen molar-refractivity contribution in [2.45, 2.75) is 6.61 Å². The van der Waals surface area contributed by atoms with Gasteiger partial charge in [-0.1, -0.05) is 102 Å². The number of hydrogen-bond acceptors (Lipinski definition) is 3. The third-order valence-corrected chi connectivity index (χ3v) is 6.52. The molecule has 1 aliphatic rings. The van der Waals surface area contributed by atoms with Gasteiger partial charge in [0.05, 0.1) is 21.3 Å². The van der Waals surface area contributed by atoms with Gasteiger partial charge >= 0.3 is 0 Å². The summed E-state index contributed by atoms with van der Waals surface area (Å²) < 4.78 is 5.88.